The molecule has 0 fully saturated rings. The number of thiophene rings is 1. The summed E-state index contributed by atoms with van der Waals surface area (Å²) in [4.78, 5) is 0.896. The highest BCUT2D eigenvalue weighted by molar-refractivity contribution is 7.91. The Morgan fingerprint density at radius 1 is 1.39 bits per heavy atom. The summed E-state index contributed by atoms with van der Waals surface area (Å²) in [6.07, 6.45) is 0.977. The Kier molecular flexibility index (Phi) is 5.78. The molecule has 0 aromatic carbocycles. The Labute approximate surface area is 114 Å². The predicted octanol–water partition coefficient (Wildman–Crippen LogP) is 2.26. The number of hydrogen-bond acceptors (Lipinski definition) is 4. The van der Waals surface area contributed by atoms with Gasteiger partial charge in [0.1, 0.15) is 4.21 Å². The van der Waals surface area contributed by atoms with Crippen LogP contribution in [0.25, 0.3) is 0 Å². The zero-order valence-electron chi connectivity index (χ0n) is 11.2. The largest absolute Gasteiger partial charge is 0.326 e. The van der Waals surface area contributed by atoms with Gasteiger partial charge in [-0.3, -0.25) is 0 Å². The monoisotopic (exact) mass is 290 g/mol. The topological polar surface area (TPSA) is 63.4 Å². The van der Waals surface area contributed by atoms with Crippen LogP contribution in [0, 0.1) is 5.92 Å². The van der Waals surface area contributed by atoms with Crippen LogP contribution in [0.15, 0.2) is 16.3 Å². The first-order valence-electron chi connectivity index (χ1n) is 6.24. The summed E-state index contributed by atoms with van der Waals surface area (Å²) >= 11 is 1.26. The minimum atomic E-state index is -3.35. The van der Waals surface area contributed by atoms with Crippen molar-refractivity contribution in [3.05, 3.63) is 17.0 Å². The van der Waals surface area contributed by atoms with Crippen LogP contribution in [0.2, 0.25) is 0 Å². The SMILES string of the molecule is CCC(C)CN(CC)S(=O)(=O)c1ccc(CN)s1. The molecular formula is C12H22N2O2S2. The molecule has 0 saturated heterocycles. The number of rotatable bonds is 7. The van der Waals surface area contributed by atoms with Crippen molar-refractivity contribution in [3.8, 4) is 0 Å². The summed E-state index contributed by atoms with van der Waals surface area (Å²) < 4.78 is 26.8. The molecule has 1 unspecified atom stereocenters. The number of nitrogens with two attached hydrogens (primary N) is 1. The summed E-state index contributed by atoms with van der Waals surface area (Å²) in [5.41, 5.74) is 5.52. The van der Waals surface area contributed by atoms with E-state index in [9.17, 15) is 8.42 Å². The fourth-order valence-corrected chi connectivity index (χ4v) is 4.57. The zero-order valence-corrected chi connectivity index (χ0v) is 12.9. The van der Waals surface area contributed by atoms with Crippen LogP contribution < -0.4 is 5.73 Å². The van der Waals surface area contributed by atoms with Gasteiger partial charge in [-0.25, -0.2) is 8.42 Å². The Bertz CT molecular complexity index is 468. The number of hydrogen-bond donors (Lipinski definition) is 1. The van der Waals surface area contributed by atoms with E-state index in [2.05, 4.69) is 13.8 Å². The molecule has 6 heteroatoms. The van der Waals surface area contributed by atoms with Crippen LogP contribution >= 0.6 is 11.3 Å². The van der Waals surface area contributed by atoms with Gasteiger partial charge in [-0.2, -0.15) is 4.31 Å². The normalized spacial score (nSPS) is 14.1. The minimum Gasteiger partial charge on any atom is -0.326 e. The van der Waals surface area contributed by atoms with Gasteiger partial charge in [0, 0.05) is 24.5 Å². The van der Waals surface area contributed by atoms with Crippen molar-refractivity contribution in [2.75, 3.05) is 13.1 Å². The first-order valence-corrected chi connectivity index (χ1v) is 8.50. The van der Waals surface area contributed by atoms with Gasteiger partial charge >= 0.3 is 0 Å². The molecule has 1 rings (SSSR count). The molecule has 0 bridgehead atoms. The summed E-state index contributed by atoms with van der Waals surface area (Å²) in [7, 11) is -3.35. The quantitative estimate of drug-likeness (QED) is 0.838. The third-order valence-electron chi connectivity index (χ3n) is 3.00. The van der Waals surface area contributed by atoms with E-state index in [1.165, 1.54) is 11.3 Å². The highest BCUT2D eigenvalue weighted by atomic mass is 32.2. The second-order valence-corrected chi connectivity index (χ2v) is 7.73. The van der Waals surface area contributed by atoms with Crippen LogP contribution in [-0.2, 0) is 16.6 Å². The van der Waals surface area contributed by atoms with Crippen molar-refractivity contribution in [3.63, 3.8) is 0 Å². The lowest BCUT2D eigenvalue weighted by Gasteiger charge is -2.22. The Hall–Kier alpha value is -0.430. The summed E-state index contributed by atoms with van der Waals surface area (Å²) in [5, 5.41) is 0. The molecule has 0 aliphatic rings. The maximum atomic E-state index is 12.4. The van der Waals surface area contributed by atoms with Crippen molar-refractivity contribution in [2.24, 2.45) is 11.7 Å². The molecule has 4 nitrogen and oxygen atoms in total. The fraction of sp³-hybridized carbons (Fsp3) is 0.667. The van der Waals surface area contributed by atoms with E-state index < -0.39 is 10.0 Å². The van der Waals surface area contributed by atoms with Gasteiger partial charge in [0.05, 0.1) is 0 Å². The van der Waals surface area contributed by atoms with Gasteiger partial charge in [-0.05, 0) is 18.1 Å². The predicted molar refractivity (Wildman–Crippen MR) is 76.1 cm³/mol. The molecule has 0 radical (unpaired) electrons. The second kappa shape index (κ2) is 6.65. The maximum Gasteiger partial charge on any atom is 0.252 e. The van der Waals surface area contributed by atoms with Gasteiger partial charge in [0.2, 0.25) is 0 Å². The van der Waals surface area contributed by atoms with E-state index in [1.807, 2.05) is 6.92 Å². The molecule has 0 spiro atoms. The fourth-order valence-electron chi connectivity index (χ4n) is 1.61. The first-order chi connectivity index (χ1) is 8.45. The molecule has 1 aromatic heterocycles. The molecule has 1 heterocycles. The Balaban J connectivity index is 2.95. The average molecular weight is 290 g/mol. The molecule has 1 atom stereocenters. The first kappa shape index (κ1) is 15.6. The van der Waals surface area contributed by atoms with Crippen molar-refractivity contribution in [2.45, 2.75) is 37.9 Å². The summed E-state index contributed by atoms with van der Waals surface area (Å²) in [5.74, 6) is 0.369. The van der Waals surface area contributed by atoms with Gasteiger partial charge in [0.25, 0.3) is 10.0 Å². The molecule has 1 aromatic rings. The Morgan fingerprint density at radius 2 is 2.06 bits per heavy atom. The van der Waals surface area contributed by atoms with Crippen LogP contribution in [0.1, 0.15) is 32.1 Å². The zero-order chi connectivity index (χ0) is 13.8. The molecule has 18 heavy (non-hydrogen) atoms. The second-order valence-electron chi connectivity index (χ2n) is 4.39. The third-order valence-corrected chi connectivity index (χ3v) is 6.51. The van der Waals surface area contributed by atoms with E-state index in [1.54, 1.807) is 16.4 Å². The van der Waals surface area contributed by atoms with Crippen LogP contribution in [0.5, 0.6) is 0 Å². The lowest BCUT2D eigenvalue weighted by Crippen LogP contribution is -2.34. The summed E-state index contributed by atoms with van der Waals surface area (Å²) in [6.45, 7) is 7.48. The van der Waals surface area contributed by atoms with Crippen molar-refractivity contribution >= 4 is 21.4 Å². The average Bonchev–Trinajstić information content (AvgIpc) is 2.84. The molecule has 0 amide bonds. The van der Waals surface area contributed by atoms with E-state index in [4.69, 9.17) is 5.73 Å². The molecule has 0 saturated carbocycles. The van der Waals surface area contributed by atoms with Crippen molar-refractivity contribution < 1.29 is 8.42 Å². The smallest absolute Gasteiger partial charge is 0.252 e. The van der Waals surface area contributed by atoms with Crippen LogP contribution in [-0.4, -0.2) is 25.8 Å². The Morgan fingerprint density at radius 3 is 2.50 bits per heavy atom. The van der Waals surface area contributed by atoms with Gasteiger partial charge in [-0.1, -0.05) is 27.2 Å². The van der Waals surface area contributed by atoms with Crippen LogP contribution in [0.4, 0.5) is 0 Å². The standard InChI is InChI=1S/C12H22N2O2S2/c1-4-10(3)9-14(5-2)18(15,16)12-7-6-11(8-13)17-12/h6-7,10H,4-5,8-9,13H2,1-3H3. The molecule has 2 N–H and O–H groups in total. The lowest BCUT2D eigenvalue weighted by atomic mass is 10.1. The molecule has 104 valence electrons. The maximum absolute atomic E-state index is 12.4. The number of nitrogens with zero attached hydrogens (tertiary/aromatic N) is 1. The van der Waals surface area contributed by atoms with Gasteiger partial charge in [-0.15, -0.1) is 11.3 Å². The van der Waals surface area contributed by atoms with E-state index in [-0.39, 0.29) is 0 Å². The molecule has 0 aliphatic carbocycles. The summed E-state index contributed by atoms with van der Waals surface area (Å²) in [6, 6.07) is 3.44. The van der Waals surface area contributed by atoms with Crippen LogP contribution in [0.3, 0.4) is 0 Å². The minimum absolute atomic E-state index is 0.369. The molecule has 0 aliphatic heterocycles. The van der Waals surface area contributed by atoms with Crippen molar-refractivity contribution in [1.29, 1.82) is 0 Å². The third kappa shape index (κ3) is 3.54. The molecular weight excluding hydrogens is 268 g/mol. The number of sulfonamides is 1. The van der Waals surface area contributed by atoms with Gasteiger partial charge < -0.3 is 5.73 Å². The van der Waals surface area contributed by atoms with E-state index in [0.717, 1.165) is 11.3 Å². The van der Waals surface area contributed by atoms with Gasteiger partial charge in [0.15, 0.2) is 0 Å². The lowest BCUT2D eigenvalue weighted by molar-refractivity contribution is 0.362. The van der Waals surface area contributed by atoms with Crippen molar-refractivity contribution in [1.82, 2.24) is 4.31 Å². The van der Waals surface area contributed by atoms with E-state index in [0.29, 0.717) is 29.8 Å². The highest BCUT2D eigenvalue weighted by Gasteiger charge is 2.25. The highest BCUT2D eigenvalue weighted by Crippen LogP contribution is 2.25. The van der Waals surface area contributed by atoms with E-state index >= 15 is 0 Å².